The normalized spacial score (nSPS) is 15.9. The van der Waals surface area contributed by atoms with Gasteiger partial charge in [0.1, 0.15) is 4.86 Å². The molecule has 3 aromatic rings. The zero-order valence-corrected chi connectivity index (χ0v) is 16.6. The Hall–Kier alpha value is -3.52. The Morgan fingerprint density at radius 1 is 1.03 bits per heavy atom. The lowest BCUT2D eigenvalue weighted by molar-refractivity contribution is 0.426. The number of allylic oxidation sites excluding steroid dienone is 2. The highest BCUT2D eigenvalue weighted by Gasteiger charge is 2.25. The van der Waals surface area contributed by atoms with Crippen LogP contribution in [0.25, 0.3) is 17.0 Å². The fraction of sp³-hybridized carbons (Fsp3) is 0.143. The van der Waals surface area contributed by atoms with Gasteiger partial charge >= 0.3 is 0 Å². The van der Waals surface area contributed by atoms with Crippen molar-refractivity contribution in [1.29, 1.82) is 0 Å². The molecule has 4 rings (SSSR count). The number of nitrogens with zero attached hydrogens (tertiary/aromatic N) is 3. The molecule has 1 N–H and O–H groups in total. The molecule has 0 radical (unpaired) electrons. The molecule has 0 saturated heterocycles. The molecule has 1 atom stereocenters. The van der Waals surface area contributed by atoms with Crippen LogP contribution in [-0.4, -0.2) is 34.4 Å². The Morgan fingerprint density at radius 3 is 2.34 bits per heavy atom. The van der Waals surface area contributed by atoms with Gasteiger partial charge in [0.15, 0.2) is 5.82 Å². The van der Waals surface area contributed by atoms with Gasteiger partial charge in [-0.1, -0.05) is 47.7 Å². The Balaban J connectivity index is 1.66. The van der Waals surface area contributed by atoms with Crippen LogP contribution in [0.3, 0.4) is 0 Å². The molecular formula is C21H18N4O3S. The molecule has 1 aliphatic rings. The maximum absolute atomic E-state index is 12.1. The van der Waals surface area contributed by atoms with E-state index in [0.29, 0.717) is 17.3 Å². The average Bonchev–Trinajstić information content (AvgIpc) is 3.06. The van der Waals surface area contributed by atoms with Crippen LogP contribution in [0.1, 0.15) is 16.8 Å². The van der Waals surface area contributed by atoms with Crippen LogP contribution in [0.4, 0.5) is 5.88 Å². The van der Waals surface area contributed by atoms with Gasteiger partial charge in [0.25, 0.3) is 0 Å². The lowest BCUT2D eigenvalue weighted by Gasteiger charge is -2.20. The van der Waals surface area contributed by atoms with Crippen LogP contribution in [0.2, 0.25) is 0 Å². The Morgan fingerprint density at radius 2 is 1.72 bits per heavy atom. The van der Waals surface area contributed by atoms with E-state index in [1.165, 1.54) is 0 Å². The van der Waals surface area contributed by atoms with E-state index in [9.17, 15) is 8.42 Å². The van der Waals surface area contributed by atoms with Crippen LogP contribution in [0.5, 0.6) is 0 Å². The van der Waals surface area contributed by atoms with E-state index in [2.05, 4.69) is 20.4 Å². The molecule has 0 amide bonds. The number of aryl methyl sites for hydroxylation is 1. The van der Waals surface area contributed by atoms with E-state index in [-0.39, 0.29) is 4.86 Å². The molecule has 0 spiro atoms. The first kappa shape index (κ1) is 18.8. The number of anilines is 1. The molecule has 29 heavy (non-hydrogen) atoms. The number of hydrogen-bond donors (Lipinski definition) is 1. The van der Waals surface area contributed by atoms with Crippen molar-refractivity contribution in [2.75, 3.05) is 5.32 Å². The number of nitrogens with one attached hydrogen (secondary N) is 1. The number of hydrogen-bond acceptors (Lipinski definition) is 7. The molecular weight excluding hydrogens is 388 g/mol. The number of benzene rings is 1. The fourth-order valence-electron chi connectivity index (χ4n) is 3.08. The third-order valence-corrected chi connectivity index (χ3v) is 5.59. The van der Waals surface area contributed by atoms with E-state index in [1.807, 2.05) is 44.2 Å². The predicted molar refractivity (Wildman–Crippen MR) is 112 cm³/mol. The lowest BCUT2D eigenvalue weighted by atomic mass is 9.93. The van der Waals surface area contributed by atoms with Crippen LogP contribution in [0, 0.1) is 13.8 Å². The van der Waals surface area contributed by atoms with Crippen molar-refractivity contribution >= 4 is 26.6 Å². The van der Waals surface area contributed by atoms with Crippen LogP contribution >= 0.6 is 0 Å². The summed E-state index contributed by atoms with van der Waals surface area (Å²) in [4.78, 5) is 8.71. The van der Waals surface area contributed by atoms with Crippen molar-refractivity contribution in [3.8, 4) is 11.4 Å². The molecule has 7 nitrogen and oxygen atoms in total. The number of rotatable bonds is 4. The van der Waals surface area contributed by atoms with Gasteiger partial charge in [-0.25, -0.2) is 9.97 Å². The second-order valence-corrected chi connectivity index (χ2v) is 7.47. The van der Waals surface area contributed by atoms with Crippen molar-refractivity contribution in [3.63, 3.8) is 0 Å². The summed E-state index contributed by atoms with van der Waals surface area (Å²) in [7, 11) is -2.43. The highest BCUT2D eigenvalue weighted by Crippen LogP contribution is 2.27. The van der Waals surface area contributed by atoms with Crippen LogP contribution < -0.4 is 5.32 Å². The third-order valence-electron chi connectivity index (χ3n) is 4.76. The third kappa shape index (κ3) is 3.74. The average molecular weight is 406 g/mol. The summed E-state index contributed by atoms with van der Waals surface area (Å²) in [5.41, 5.74) is 3.86. The van der Waals surface area contributed by atoms with Gasteiger partial charge in [-0.3, -0.25) is 0 Å². The van der Waals surface area contributed by atoms with Gasteiger partial charge in [0, 0.05) is 29.1 Å². The first-order chi connectivity index (χ1) is 14.0. The first-order valence-electron chi connectivity index (χ1n) is 8.97. The van der Waals surface area contributed by atoms with Crippen molar-refractivity contribution < 1.29 is 12.9 Å². The zero-order chi connectivity index (χ0) is 20.4. The molecule has 0 saturated carbocycles. The van der Waals surface area contributed by atoms with Crippen molar-refractivity contribution in [3.05, 3.63) is 77.8 Å². The molecule has 0 bridgehead atoms. The minimum atomic E-state index is -2.43. The maximum atomic E-state index is 12.1. The Labute approximate surface area is 169 Å². The fourth-order valence-corrected chi connectivity index (χ4v) is 3.79. The molecule has 2 heterocycles. The highest BCUT2D eigenvalue weighted by atomic mass is 32.2. The summed E-state index contributed by atoms with van der Waals surface area (Å²) >= 11 is 0. The van der Waals surface area contributed by atoms with Crippen molar-refractivity contribution in [1.82, 2.24) is 15.1 Å². The summed E-state index contributed by atoms with van der Waals surface area (Å²) in [6.07, 6.45) is 8.76. The van der Waals surface area contributed by atoms with E-state index in [1.54, 1.807) is 30.6 Å². The van der Waals surface area contributed by atoms with E-state index < -0.39 is 16.3 Å². The van der Waals surface area contributed by atoms with Gasteiger partial charge < -0.3 is 9.84 Å². The van der Waals surface area contributed by atoms with Crippen molar-refractivity contribution in [2.24, 2.45) is 0 Å². The molecule has 0 aliphatic heterocycles. The lowest BCUT2D eigenvalue weighted by Crippen LogP contribution is -2.31. The highest BCUT2D eigenvalue weighted by molar-refractivity contribution is 7.74. The van der Waals surface area contributed by atoms with Crippen LogP contribution in [0.15, 0.2) is 65.5 Å². The van der Waals surface area contributed by atoms with Crippen LogP contribution in [-0.2, 0) is 10.3 Å². The van der Waals surface area contributed by atoms with Gasteiger partial charge in [-0.2, -0.15) is 8.42 Å². The summed E-state index contributed by atoms with van der Waals surface area (Å²) < 4.78 is 29.5. The standard InChI is InChI=1S/C21H18N4O3S/c1-13-14(2)25-28-21(13)24-18-6-3-5-17(19(18)29(26)27)15-7-9-16(10-8-15)20-22-11-4-12-23-20/h3-12,18,24H,1-2H3. The monoisotopic (exact) mass is 406 g/mol. The largest absolute Gasteiger partial charge is 0.342 e. The molecule has 1 aromatic carbocycles. The summed E-state index contributed by atoms with van der Waals surface area (Å²) in [5.74, 6) is 1.07. The Bertz CT molecular complexity index is 1230. The van der Waals surface area contributed by atoms with E-state index in [4.69, 9.17) is 4.52 Å². The maximum Gasteiger partial charge on any atom is 0.228 e. The Kier molecular flexibility index (Phi) is 5.09. The minimum Gasteiger partial charge on any atom is -0.342 e. The second kappa shape index (κ2) is 7.84. The predicted octanol–water partition coefficient (Wildman–Crippen LogP) is 3.23. The smallest absolute Gasteiger partial charge is 0.228 e. The van der Waals surface area contributed by atoms with Gasteiger partial charge in [0.05, 0.1) is 11.7 Å². The zero-order valence-electron chi connectivity index (χ0n) is 15.8. The van der Waals surface area contributed by atoms with E-state index in [0.717, 1.165) is 22.4 Å². The molecule has 1 aliphatic carbocycles. The second-order valence-electron chi connectivity index (χ2n) is 6.56. The summed E-state index contributed by atoms with van der Waals surface area (Å²) in [5, 5.41) is 7.05. The van der Waals surface area contributed by atoms with Gasteiger partial charge in [-0.15, -0.1) is 0 Å². The topological polar surface area (TPSA) is 98.0 Å². The summed E-state index contributed by atoms with van der Waals surface area (Å²) in [6, 6.07) is 8.68. The van der Waals surface area contributed by atoms with Gasteiger partial charge in [0.2, 0.25) is 16.2 Å². The molecule has 2 aromatic heterocycles. The van der Waals surface area contributed by atoms with Crippen molar-refractivity contribution in [2.45, 2.75) is 19.9 Å². The summed E-state index contributed by atoms with van der Waals surface area (Å²) in [6.45, 7) is 3.70. The first-order valence-corrected chi connectivity index (χ1v) is 10.0. The molecule has 1 unspecified atom stereocenters. The molecule has 146 valence electrons. The number of aromatic nitrogens is 3. The molecule has 8 heteroatoms. The quantitative estimate of drug-likeness (QED) is 0.664. The SMILES string of the molecule is Cc1noc(NC2C=CC=C(c3ccc(-c4ncccn4)cc3)C2=S(=O)=O)c1C. The van der Waals surface area contributed by atoms with E-state index >= 15 is 0 Å². The minimum absolute atomic E-state index is 0.240. The van der Waals surface area contributed by atoms with Gasteiger partial charge in [-0.05, 0) is 25.5 Å². The molecule has 0 fully saturated rings.